The molecule has 6 aliphatic rings. The van der Waals surface area contributed by atoms with Gasteiger partial charge in [0.25, 0.3) is 0 Å². The maximum absolute atomic E-state index is 11.6. The highest BCUT2D eigenvalue weighted by atomic mass is 28.2. The van der Waals surface area contributed by atoms with Crippen LogP contribution in [-0.4, -0.2) is 48.6 Å². The molecule has 2 aliphatic carbocycles. The predicted octanol–water partition coefficient (Wildman–Crippen LogP) is 12.9. The molecule has 2 fully saturated rings. The van der Waals surface area contributed by atoms with Crippen LogP contribution < -0.4 is 4.74 Å². The van der Waals surface area contributed by atoms with Gasteiger partial charge < -0.3 is 9.47 Å². The summed E-state index contributed by atoms with van der Waals surface area (Å²) in [4.78, 5) is 45.8. The van der Waals surface area contributed by atoms with Crippen molar-refractivity contribution in [2.24, 2.45) is 29.6 Å². The third-order valence-corrected chi connectivity index (χ3v) is 20.2. The Morgan fingerprint density at radius 3 is 1.53 bits per heavy atom. The van der Waals surface area contributed by atoms with Gasteiger partial charge in [0.2, 0.25) is 0 Å². The summed E-state index contributed by atoms with van der Waals surface area (Å²) in [7, 11) is 0.771. The highest BCUT2D eigenvalue weighted by molar-refractivity contribution is 6.38. The minimum absolute atomic E-state index is 0.00444. The largest absolute Gasteiger partial charge is 0.459 e. The molecule has 4 heterocycles. The molecule has 0 saturated carbocycles. The molecule has 4 aromatic rings. The van der Waals surface area contributed by atoms with Gasteiger partial charge in [-0.3, -0.25) is 14.4 Å². The third kappa shape index (κ3) is 16.9. The molecular weight excluding hydrogens is 873 g/mol. The molecule has 0 amide bonds. The number of cyclic esters (lactones) is 1. The van der Waals surface area contributed by atoms with Crippen LogP contribution >= 0.6 is 0 Å². The lowest BCUT2D eigenvalue weighted by Gasteiger charge is -2.21. The summed E-state index contributed by atoms with van der Waals surface area (Å²) in [6, 6.07) is 27.8. The van der Waals surface area contributed by atoms with Crippen LogP contribution in [0.3, 0.4) is 0 Å². The first kappa shape index (κ1) is 54.5. The number of hydrogen-bond acceptors (Lipinski definition) is 6. The van der Waals surface area contributed by atoms with Crippen LogP contribution in [0.4, 0.5) is 0 Å². The second-order valence-corrected chi connectivity index (χ2v) is 27.2. The first-order valence-corrected chi connectivity index (χ1v) is 29.7. The number of esters is 2. The highest BCUT2D eigenvalue weighted by Gasteiger charge is 2.26. The molecule has 10 rings (SSSR count). The van der Waals surface area contributed by atoms with Gasteiger partial charge in [-0.05, 0) is 123 Å². The number of hydrogen-bond donors (Lipinski definition) is 0. The van der Waals surface area contributed by atoms with Crippen LogP contribution in [0.1, 0.15) is 158 Å². The number of Topliss-reactive ketones (excluding diaryl/α,β-unsaturated/α-hetero) is 2. The Bertz CT molecular complexity index is 2150. The molecule has 4 aromatic carbocycles. The van der Waals surface area contributed by atoms with Crippen LogP contribution in [0.2, 0.25) is 23.2 Å². The maximum Gasteiger partial charge on any atom is 0.338 e. The van der Waals surface area contributed by atoms with Crippen LogP contribution in [0.5, 0.6) is 5.75 Å². The number of carbonyl (C=O) groups is 4. The third-order valence-electron chi connectivity index (χ3n) is 14.7. The van der Waals surface area contributed by atoms with Gasteiger partial charge in [0.15, 0.2) is 5.78 Å². The molecule has 8 atom stereocenters. The second kappa shape index (κ2) is 26.0. The van der Waals surface area contributed by atoms with Gasteiger partial charge in [0.1, 0.15) is 17.6 Å². The molecule has 0 radical (unpaired) electrons. The van der Waals surface area contributed by atoms with Gasteiger partial charge in [-0.15, -0.1) is 0 Å². The zero-order chi connectivity index (χ0) is 49.7. The number of ether oxygens (including phenoxy) is 2. The number of aryl methyl sites for hydroxylation is 4. The monoisotopic (exact) mass is 957 g/mol. The molecule has 2 saturated heterocycles. The van der Waals surface area contributed by atoms with Crippen molar-refractivity contribution in [2.45, 2.75) is 177 Å². The van der Waals surface area contributed by atoms with E-state index < -0.39 is 0 Å². The normalized spacial score (nSPS) is 26.2. The average molecular weight is 957 g/mol. The molecule has 0 aromatic heterocycles. The summed E-state index contributed by atoms with van der Waals surface area (Å²) < 4.78 is 10.3. The van der Waals surface area contributed by atoms with Crippen molar-refractivity contribution in [3.05, 3.63) is 134 Å². The zero-order valence-corrected chi connectivity index (χ0v) is 46.7. The van der Waals surface area contributed by atoms with Gasteiger partial charge in [0.05, 0.1) is 11.5 Å². The molecule has 4 aliphatic heterocycles. The Morgan fingerprint density at radius 2 is 0.971 bits per heavy atom. The lowest BCUT2D eigenvalue weighted by molar-refractivity contribution is -0.139. The van der Waals surface area contributed by atoms with E-state index in [1.165, 1.54) is 53.5 Å². The van der Waals surface area contributed by atoms with E-state index in [4.69, 9.17) is 9.47 Å². The quantitative estimate of drug-likeness (QED) is 0.0991. The van der Waals surface area contributed by atoms with Crippen molar-refractivity contribution in [1.29, 1.82) is 0 Å². The van der Waals surface area contributed by atoms with E-state index in [1.54, 1.807) is 12.1 Å². The molecule has 0 spiro atoms. The van der Waals surface area contributed by atoms with Gasteiger partial charge in [-0.2, -0.15) is 0 Å². The lowest BCUT2D eigenvalue weighted by atomic mass is 9.83. The van der Waals surface area contributed by atoms with Crippen molar-refractivity contribution in [1.82, 2.24) is 0 Å². The fraction of sp³-hybridized carbons (Fsp3) is 0.533. The van der Waals surface area contributed by atoms with Crippen molar-refractivity contribution in [3.8, 4) is 5.75 Å². The molecule has 8 unspecified atom stereocenters. The number of benzene rings is 4. The number of rotatable bonds is 0. The van der Waals surface area contributed by atoms with Crippen LogP contribution in [0.15, 0.2) is 72.8 Å². The standard InChI is InChI=1S/2C12H14O.2C11H12O2.2C7H16Si/c1-8-3-4-10-5-9(2)7-12(13)11(10)6-8;1-8-3-4-10-6-9(2)12(13)7-11(10)5-8;1-7-3-4-9-6-8(2)13-11(12)10(9)5-7;1-7-3-4-9-6-8(2)11(12)13-10(9)5-7;2*1-6-3-4-7(2)8-5-6/h3-4,6,9H,5,7H2,1-2H3;3-5,9H,6-7H2,1-2H3;2*3-5,8H,6H2,1-2H3;2*6-7H,3-5,8H2,1-2H3. The van der Waals surface area contributed by atoms with E-state index >= 15 is 0 Å². The van der Waals surface area contributed by atoms with Crippen LogP contribution in [0.25, 0.3) is 0 Å². The van der Waals surface area contributed by atoms with E-state index in [1.807, 2.05) is 84.0 Å². The lowest BCUT2D eigenvalue weighted by Crippen LogP contribution is -2.25. The van der Waals surface area contributed by atoms with Crippen LogP contribution in [0, 0.1) is 57.3 Å². The Balaban J connectivity index is 0.000000154. The van der Waals surface area contributed by atoms with E-state index in [2.05, 4.69) is 71.9 Å². The number of carbonyl (C=O) groups excluding carboxylic acids is 4. The number of ketones is 2. The van der Waals surface area contributed by atoms with Gasteiger partial charge in [0, 0.05) is 49.8 Å². The fourth-order valence-corrected chi connectivity index (χ4v) is 13.9. The maximum atomic E-state index is 11.6. The van der Waals surface area contributed by atoms with Crippen molar-refractivity contribution in [3.63, 3.8) is 0 Å². The molecule has 6 nitrogen and oxygen atoms in total. The highest BCUT2D eigenvalue weighted by Crippen LogP contribution is 2.30. The Morgan fingerprint density at radius 1 is 0.471 bits per heavy atom. The van der Waals surface area contributed by atoms with Gasteiger partial charge in [-0.1, -0.05) is 169 Å². The van der Waals surface area contributed by atoms with Crippen molar-refractivity contribution >= 4 is 42.5 Å². The summed E-state index contributed by atoms with van der Waals surface area (Å²) in [6.07, 6.45) is 11.1. The zero-order valence-electron chi connectivity index (χ0n) is 43.9. The van der Waals surface area contributed by atoms with Crippen LogP contribution in [-0.2, 0) is 46.4 Å². The molecule has 8 heteroatoms. The summed E-state index contributed by atoms with van der Waals surface area (Å²) in [5.41, 5.74) is 14.7. The summed E-state index contributed by atoms with van der Waals surface area (Å²) in [6.45, 7) is 25.7. The average Bonchev–Trinajstić information content (AvgIpc) is 3.28. The molecule has 68 heavy (non-hydrogen) atoms. The van der Waals surface area contributed by atoms with Gasteiger partial charge >= 0.3 is 11.9 Å². The topological polar surface area (TPSA) is 86.7 Å². The minimum atomic E-state index is -0.183. The van der Waals surface area contributed by atoms with E-state index in [0.29, 0.717) is 42.9 Å². The smallest absolute Gasteiger partial charge is 0.338 e. The second-order valence-electron chi connectivity index (χ2n) is 22.1. The predicted molar refractivity (Wildman–Crippen MR) is 288 cm³/mol. The molecule has 0 N–H and O–H groups in total. The van der Waals surface area contributed by atoms with Gasteiger partial charge in [-0.25, -0.2) is 4.79 Å². The summed E-state index contributed by atoms with van der Waals surface area (Å²) >= 11 is 0. The molecule has 368 valence electrons. The molecule has 0 bridgehead atoms. The van der Waals surface area contributed by atoms with E-state index in [9.17, 15) is 19.2 Å². The summed E-state index contributed by atoms with van der Waals surface area (Å²) in [5.74, 6) is 4.04. The van der Waals surface area contributed by atoms with Crippen molar-refractivity contribution in [2.75, 3.05) is 0 Å². The Hall–Kier alpha value is -4.41. The van der Waals surface area contributed by atoms with E-state index in [0.717, 1.165) is 94.2 Å². The minimum Gasteiger partial charge on any atom is -0.459 e. The fourth-order valence-electron chi connectivity index (χ4n) is 9.98. The summed E-state index contributed by atoms with van der Waals surface area (Å²) in [5, 5.41) is 0. The first-order valence-electron chi connectivity index (χ1n) is 26.1. The Kier molecular flexibility index (Phi) is 20.8. The SMILES string of the molecule is CC1CCC(C)[SiH2]C1.CC1CCC(C)[SiH2]C1.Cc1ccc2c(c1)C(=O)CC(C)C2.Cc1ccc2c(c1)C(=O)OC(C)C2.Cc1ccc2c(c1)CC(=O)C(C)C2.Cc1ccc2c(c1)OC(=O)C(C)C2. The van der Waals surface area contributed by atoms with Crippen molar-refractivity contribution < 1.29 is 28.7 Å². The number of fused-ring (bicyclic) bond motifs is 4. The Labute approximate surface area is 415 Å². The first-order chi connectivity index (χ1) is 32.2. The van der Waals surface area contributed by atoms with E-state index in [-0.39, 0.29) is 29.9 Å². The molecular formula is C60H84O6Si2.